The minimum Gasteiger partial charge on any atom is -0.496 e. The molecule has 0 aromatic heterocycles. The summed E-state index contributed by atoms with van der Waals surface area (Å²) in [6.45, 7) is 3.24. The molecule has 3 aromatic carbocycles. The largest absolute Gasteiger partial charge is 0.496 e. The van der Waals surface area contributed by atoms with Gasteiger partial charge in [-0.05, 0) is 54.1 Å². The van der Waals surface area contributed by atoms with E-state index in [-0.39, 0.29) is 34.2 Å². The van der Waals surface area contributed by atoms with Gasteiger partial charge in [0.2, 0.25) is 0 Å². The molecule has 0 bridgehead atoms. The van der Waals surface area contributed by atoms with Crippen LogP contribution in [0.1, 0.15) is 20.7 Å². The van der Waals surface area contributed by atoms with E-state index in [0.29, 0.717) is 61.7 Å². The van der Waals surface area contributed by atoms with Gasteiger partial charge in [0, 0.05) is 56.4 Å². The summed E-state index contributed by atoms with van der Waals surface area (Å²) < 4.78 is 38.3. The number of carbonyl (C=O) groups excluding carboxylic acids is 2. The van der Waals surface area contributed by atoms with Gasteiger partial charge >= 0.3 is 0 Å². The zero-order valence-electron chi connectivity index (χ0n) is 21.6. The predicted molar refractivity (Wildman–Crippen MR) is 144 cm³/mol. The smallest absolute Gasteiger partial charge is 0.255 e. The SMILES string of the molecule is COc1ccc(C(=O)N2CCN3CCN(C(=O)c4ccc(-c5cc(F)ccc5OC)cc4Cl)CC3C2)cc1F. The first-order valence-corrected chi connectivity index (χ1v) is 13.0. The zero-order valence-corrected chi connectivity index (χ0v) is 22.4. The van der Waals surface area contributed by atoms with Crippen molar-refractivity contribution in [3.05, 3.63) is 82.4 Å². The summed E-state index contributed by atoms with van der Waals surface area (Å²) in [6, 6.07) is 13.4. The van der Waals surface area contributed by atoms with Crippen molar-refractivity contribution < 1.29 is 27.8 Å². The van der Waals surface area contributed by atoms with Crippen LogP contribution in [0, 0.1) is 11.6 Å². The maximum absolute atomic E-state index is 14.2. The van der Waals surface area contributed by atoms with Crippen molar-refractivity contribution >= 4 is 23.4 Å². The van der Waals surface area contributed by atoms with Crippen LogP contribution in [0.5, 0.6) is 11.5 Å². The molecule has 2 aliphatic rings. The van der Waals surface area contributed by atoms with Gasteiger partial charge in [0.1, 0.15) is 11.6 Å². The molecule has 10 heteroatoms. The quantitative estimate of drug-likeness (QED) is 0.461. The van der Waals surface area contributed by atoms with Gasteiger partial charge < -0.3 is 19.3 Å². The maximum atomic E-state index is 14.2. The highest BCUT2D eigenvalue weighted by Crippen LogP contribution is 2.34. The van der Waals surface area contributed by atoms with Crippen molar-refractivity contribution in [2.75, 3.05) is 53.5 Å². The van der Waals surface area contributed by atoms with E-state index in [1.807, 2.05) is 0 Å². The first-order chi connectivity index (χ1) is 18.8. The molecule has 7 nitrogen and oxygen atoms in total. The molecule has 0 radical (unpaired) electrons. The number of hydrogen-bond donors (Lipinski definition) is 0. The highest BCUT2D eigenvalue weighted by molar-refractivity contribution is 6.34. The molecule has 0 aliphatic carbocycles. The highest BCUT2D eigenvalue weighted by atomic mass is 35.5. The molecule has 2 heterocycles. The Kier molecular flexibility index (Phi) is 7.72. The molecule has 5 rings (SSSR count). The van der Waals surface area contributed by atoms with E-state index >= 15 is 0 Å². The molecule has 3 aromatic rings. The fourth-order valence-corrected chi connectivity index (χ4v) is 5.50. The van der Waals surface area contributed by atoms with Gasteiger partial charge in [0.15, 0.2) is 11.6 Å². The van der Waals surface area contributed by atoms with Gasteiger partial charge in [-0.3, -0.25) is 14.5 Å². The molecule has 2 saturated heterocycles. The first kappa shape index (κ1) is 26.9. The van der Waals surface area contributed by atoms with E-state index in [0.717, 1.165) is 0 Å². The Morgan fingerprint density at radius 1 is 0.821 bits per heavy atom. The van der Waals surface area contributed by atoms with Gasteiger partial charge in [-0.25, -0.2) is 8.78 Å². The third kappa shape index (κ3) is 5.42. The van der Waals surface area contributed by atoms with E-state index in [2.05, 4.69) is 4.90 Å². The van der Waals surface area contributed by atoms with Crippen LogP contribution in [0.4, 0.5) is 8.78 Å². The Labute approximate surface area is 230 Å². The lowest BCUT2D eigenvalue weighted by Crippen LogP contribution is -2.63. The molecule has 2 fully saturated rings. The van der Waals surface area contributed by atoms with Gasteiger partial charge in [-0.1, -0.05) is 17.7 Å². The minimum absolute atomic E-state index is 0.0573. The van der Waals surface area contributed by atoms with Crippen LogP contribution in [-0.4, -0.2) is 86.0 Å². The summed E-state index contributed by atoms with van der Waals surface area (Å²) >= 11 is 6.55. The van der Waals surface area contributed by atoms with Crippen LogP contribution in [-0.2, 0) is 0 Å². The van der Waals surface area contributed by atoms with E-state index < -0.39 is 11.6 Å². The van der Waals surface area contributed by atoms with Crippen molar-refractivity contribution in [2.24, 2.45) is 0 Å². The number of carbonyl (C=O) groups is 2. The van der Waals surface area contributed by atoms with Crippen LogP contribution in [0.3, 0.4) is 0 Å². The van der Waals surface area contributed by atoms with Gasteiger partial charge in [0.25, 0.3) is 11.8 Å². The molecule has 1 unspecified atom stereocenters. The Morgan fingerprint density at radius 3 is 2.13 bits per heavy atom. The highest BCUT2D eigenvalue weighted by Gasteiger charge is 2.36. The average molecular weight is 556 g/mol. The Balaban J connectivity index is 1.29. The number of piperazine rings is 2. The summed E-state index contributed by atoms with van der Waals surface area (Å²) in [5.41, 5.74) is 1.78. The second-order valence-electron chi connectivity index (χ2n) is 9.58. The molecule has 2 aliphatic heterocycles. The summed E-state index contributed by atoms with van der Waals surface area (Å²) in [7, 11) is 2.88. The van der Waals surface area contributed by atoms with Crippen molar-refractivity contribution in [2.45, 2.75) is 6.04 Å². The van der Waals surface area contributed by atoms with Crippen molar-refractivity contribution in [3.8, 4) is 22.6 Å². The third-order valence-corrected chi connectivity index (χ3v) is 7.65. The number of benzene rings is 3. The van der Waals surface area contributed by atoms with Crippen LogP contribution >= 0.6 is 11.6 Å². The van der Waals surface area contributed by atoms with Gasteiger partial charge in [0.05, 0.1) is 24.8 Å². The number of ether oxygens (including phenoxy) is 2. The lowest BCUT2D eigenvalue weighted by molar-refractivity contribution is 0.0131. The van der Waals surface area contributed by atoms with E-state index in [1.54, 1.807) is 40.1 Å². The standard InChI is InChI=1S/C29H28ClF2N3O4/c1-38-26-8-5-20(31)15-23(26)18-3-6-22(24(30)13-18)29(37)35-12-10-33-9-11-34(16-21(33)17-35)28(36)19-4-7-27(39-2)25(32)14-19/h3-8,13-15,21H,9-12,16-17H2,1-2H3. The Hall–Kier alpha value is -3.69. The normalized spacial score (nSPS) is 17.5. The number of halogens is 3. The number of fused-ring (bicyclic) bond motifs is 1. The summed E-state index contributed by atoms with van der Waals surface area (Å²) in [6.07, 6.45) is 0. The van der Waals surface area contributed by atoms with E-state index in [1.165, 1.54) is 38.5 Å². The van der Waals surface area contributed by atoms with Crippen LogP contribution in [0.15, 0.2) is 54.6 Å². The molecule has 1 atom stereocenters. The molecule has 39 heavy (non-hydrogen) atoms. The maximum Gasteiger partial charge on any atom is 0.255 e. The second kappa shape index (κ2) is 11.2. The molecular formula is C29H28ClF2N3O4. The molecule has 0 spiro atoms. The molecular weight excluding hydrogens is 528 g/mol. The fraction of sp³-hybridized carbons (Fsp3) is 0.310. The summed E-state index contributed by atoms with van der Waals surface area (Å²) in [5, 5.41) is 0.258. The Morgan fingerprint density at radius 2 is 1.49 bits per heavy atom. The van der Waals surface area contributed by atoms with Crippen LogP contribution in [0.25, 0.3) is 11.1 Å². The number of rotatable bonds is 5. The van der Waals surface area contributed by atoms with Gasteiger partial charge in [-0.15, -0.1) is 0 Å². The average Bonchev–Trinajstić information content (AvgIpc) is 2.95. The topological polar surface area (TPSA) is 62.3 Å². The Bertz CT molecular complexity index is 1420. The third-order valence-electron chi connectivity index (χ3n) is 7.34. The van der Waals surface area contributed by atoms with Crippen molar-refractivity contribution in [1.82, 2.24) is 14.7 Å². The molecule has 204 valence electrons. The fourth-order valence-electron chi connectivity index (χ4n) is 5.24. The van der Waals surface area contributed by atoms with Gasteiger partial charge in [-0.2, -0.15) is 0 Å². The number of hydrogen-bond acceptors (Lipinski definition) is 5. The molecule has 0 N–H and O–H groups in total. The summed E-state index contributed by atoms with van der Waals surface area (Å²) in [4.78, 5) is 32.3. The number of nitrogens with zero attached hydrogens (tertiary/aromatic N) is 3. The van der Waals surface area contributed by atoms with E-state index in [9.17, 15) is 18.4 Å². The zero-order chi connectivity index (χ0) is 27.7. The summed E-state index contributed by atoms with van der Waals surface area (Å²) in [5.74, 6) is -0.882. The predicted octanol–water partition coefficient (Wildman–Crippen LogP) is 4.58. The monoisotopic (exact) mass is 555 g/mol. The molecule has 2 amide bonds. The van der Waals surface area contributed by atoms with Crippen LogP contribution in [0.2, 0.25) is 5.02 Å². The lowest BCUT2D eigenvalue weighted by atomic mass is 10.0. The van der Waals surface area contributed by atoms with Crippen LogP contribution < -0.4 is 9.47 Å². The molecule has 0 saturated carbocycles. The second-order valence-corrected chi connectivity index (χ2v) is 9.99. The number of amides is 2. The first-order valence-electron chi connectivity index (χ1n) is 12.6. The lowest BCUT2D eigenvalue weighted by Gasteiger charge is -2.47. The van der Waals surface area contributed by atoms with E-state index in [4.69, 9.17) is 21.1 Å². The minimum atomic E-state index is -0.588. The number of methoxy groups -OCH3 is 2. The van der Waals surface area contributed by atoms with Crippen molar-refractivity contribution in [3.63, 3.8) is 0 Å². The van der Waals surface area contributed by atoms with Crippen molar-refractivity contribution in [1.29, 1.82) is 0 Å².